The first-order valence-corrected chi connectivity index (χ1v) is 14.1. The van der Waals surface area contributed by atoms with E-state index in [2.05, 4.69) is 5.32 Å². The number of benzene rings is 2. The van der Waals surface area contributed by atoms with Crippen LogP contribution in [0, 0.1) is 22.7 Å². The van der Waals surface area contributed by atoms with Gasteiger partial charge in [-0.05, 0) is 40.8 Å². The number of fused-ring (bicyclic) bond motifs is 1. The molecule has 8 nitrogen and oxygen atoms in total. The average molecular weight is 559 g/mol. The molecule has 0 radical (unpaired) electrons. The van der Waals surface area contributed by atoms with E-state index in [4.69, 9.17) is 0 Å². The van der Waals surface area contributed by atoms with Crippen LogP contribution >= 0.6 is 34.9 Å². The van der Waals surface area contributed by atoms with Crippen molar-refractivity contribution in [3.8, 4) is 23.3 Å². The number of carboxylic acid groups (broad SMARTS) is 1. The molecule has 2 atom stereocenters. The lowest BCUT2D eigenvalue weighted by Crippen LogP contribution is -2.70. The van der Waals surface area contributed by atoms with Crippen LogP contribution in [0.5, 0.6) is 0 Å². The van der Waals surface area contributed by atoms with Crippen molar-refractivity contribution in [2.24, 2.45) is 0 Å². The molecule has 2 aliphatic rings. The SMILES string of the molecule is N#Cc1ccc(-c2ccccc2SC2=C(C(=O)O)N3C(=O)[C@@H](NC(=O)Cc4cccs4)[C@@H]3SC2)cc1C#N. The fraction of sp³-hybridized carbons (Fsp3) is 0.148. The fourth-order valence-corrected chi connectivity index (χ4v) is 7.62. The standard InChI is InChI=1S/C27H18N4O4S3/c28-12-16-8-7-15(10-17(16)13-29)19-5-1-2-6-20(19)38-21-14-37-26-23(25(33)31(26)24(21)27(34)35)30-22(32)11-18-4-3-9-36-18/h1-10,23,26H,11,14H2,(H,30,32)(H,34,35)/t23-,26+/m1/s1. The van der Waals surface area contributed by atoms with E-state index in [-0.39, 0.29) is 29.2 Å². The Morgan fingerprint density at radius 1 is 1.11 bits per heavy atom. The molecule has 0 saturated carbocycles. The maximum Gasteiger partial charge on any atom is 0.353 e. The van der Waals surface area contributed by atoms with Crippen LogP contribution in [0.2, 0.25) is 0 Å². The summed E-state index contributed by atoms with van der Waals surface area (Å²) in [5.74, 6) is -1.59. The van der Waals surface area contributed by atoms with Crippen molar-refractivity contribution < 1.29 is 19.5 Å². The van der Waals surface area contributed by atoms with Gasteiger partial charge in [-0.15, -0.1) is 23.1 Å². The maximum absolute atomic E-state index is 13.0. The Morgan fingerprint density at radius 3 is 2.61 bits per heavy atom. The molecule has 0 bridgehead atoms. The number of carbonyl (C=O) groups excluding carboxylic acids is 2. The number of hydrogen-bond acceptors (Lipinski definition) is 8. The van der Waals surface area contributed by atoms with Crippen molar-refractivity contribution in [3.63, 3.8) is 0 Å². The molecule has 1 aromatic heterocycles. The average Bonchev–Trinajstić information content (AvgIpc) is 3.44. The van der Waals surface area contributed by atoms with Crippen LogP contribution in [0.15, 0.2) is 75.5 Å². The monoisotopic (exact) mass is 558 g/mol. The van der Waals surface area contributed by atoms with E-state index in [9.17, 15) is 30.0 Å². The number of carbonyl (C=O) groups is 3. The van der Waals surface area contributed by atoms with Crippen molar-refractivity contribution in [1.82, 2.24) is 10.2 Å². The van der Waals surface area contributed by atoms with Crippen LogP contribution in [0.1, 0.15) is 16.0 Å². The minimum absolute atomic E-state index is 0.0835. The van der Waals surface area contributed by atoms with Crippen LogP contribution in [0.3, 0.4) is 0 Å². The first-order valence-electron chi connectivity index (χ1n) is 11.4. The van der Waals surface area contributed by atoms with Gasteiger partial charge in [0.25, 0.3) is 5.91 Å². The fourth-order valence-electron chi connectivity index (χ4n) is 4.29. The van der Waals surface area contributed by atoms with Gasteiger partial charge in [-0.25, -0.2) is 4.79 Å². The molecule has 3 heterocycles. The van der Waals surface area contributed by atoms with Gasteiger partial charge in [-0.3, -0.25) is 14.5 Å². The second-order valence-corrected chi connectivity index (χ2v) is 11.6. The van der Waals surface area contributed by atoms with Gasteiger partial charge in [0, 0.05) is 20.4 Å². The van der Waals surface area contributed by atoms with Crippen molar-refractivity contribution in [3.05, 3.63) is 86.6 Å². The number of thioether (sulfide) groups is 2. The zero-order chi connectivity index (χ0) is 26.8. The molecule has 188 valence electrons. The molecule has 38 heavy (non-hydrogen) atoms. The molecule has 2 aliphatic heterocycles. The van der Waals surface area contributed by atoms with Crippen LogP contribution < -0.4 is 5.32 Å². The minimum atomic E-state index is -1.21. The number of rotatable bonds is 7. The van der Waals surface area contributed by atoms with Crippen molar-refractivity contribution in [1.29, 1.82) is 10.5 Å². The summed E-state index contributed by atoms with van der Waals surface area (Å²) in [7, 11) is 0. The third-order valence-electron chi connectivity index (χ3n) is 6.06. The molecule has 2 N–H and O–H groups in total. The Bertz CT molecular complexity index is 1570. The van der Waals surface area contributed by atoms with Gasteiger partial charge in [0.1, 0.15) is 29.3 Å². The highest BCUT2D eigenvalue weighted by atomic mass is 32.2. The van der Waals surface area contributed by atoms with E-state index in [0.717, 1.165) is 20.9 Å². The number of nitriles is 2. The molecule has 3 aromatic rings. The van der Waals surface area contributed by atoms with E-state index in [1.165, 1.54) is 39.8 Å². The largest absolute Gasteiger partial charge is 0.477 e. The van der Waals surface area contributed by atoms with E-state index >= 15 is 0 Å². The molecular weight excluding hydrogens is 541 g/mol. The highest BCUT2D eigenvalue weighted by molar-refractivity contribution is 8.06. The lowest BCUT2D eigenvalue weighted by molar-refractivity contribution is -0.150. The summed E-state index contributed by atoms with van der Waals surface area (Å²) < 4.78 is 0. The van der Waals surface area contributed by atoms with Gasteiger partial charge in [0.2, 0.25) is 5.91 Å². The molecule has 0 spiro atoms. The van der Waals surface area contributed by atoms with Gasteiger partial charge in [-0.1, -0.05) is 42.1 Å². The maximum atomic E-state index is 13.0. The molecular formula is C27H18N4O4S3. The van der Waals surface area contributed by atoms with Crippen molar-refractivity contribution in [2.75, 3.05) is 5.75 Å². The molecule has 11 heteroatoms. The summed E-state index contributed by atoms with van der Waals surface area (Å²) in [6.07, 6.45) is 0.168. The molecule has 0 aliphatic carbocycles. The number of hydrogen-bond donors (Lipinski definition) is 2. The summed E-state index contributed by atoms with van der Waals surface area (Å²) in [6.45, 7) is 0. The van der Waals surface area contributed by atoms with Crippen LogP contribution in [0.25, 0.3) is 11.1 Å². The quantitative estimate of drug-likeness (QED) is 0.412. The molecule has 1 saturated heterocycles. The molecule has 0 unspecified atom stereocenters. The molecule has 1 fully saturated rings. The number of thiophene rings is 1. The Kier molecular flexibility index (Phi) is 7.25. The molecule has 2 aromatic carbocycles. The number of carboxylic acids is 1. The highest BCUT2D eigenvalue weighted by Gasteiger charge is 2.54. The first kappa shape index (κ1) is 25.6. The van der Waals surface area contributed by atoms with Gasteiger partial charge in [0.05, 0.1) is 17.5 Å². The van der Waals surface area contributed by atoms with Crippen LogP contribution in [-0.2, 0) is 20.8 Å². The number of amides is 2. The summed E-state index contributed by atoms with van der Waals surface area (Å²) in [6, 6.07) is 19.3. The van der Waals surface area contributed by atoms with E-state index in [0.29, 0.717) is 10.7 Å². The van der Waals surface area contributed by atoms with Crippen LogP contribution in [0.4, 0.5) is 0 Å². The summed E-state index contributed by atoms with van der Waals surface area (Å²) in [5.41, 5.74) is 1.94. The number of nitrogens with one attached hydrogen (secondary N) is 1. The minimum Gasteiger partial charge on any atom is -0.477 e. The van der Waals surface area contributed by atoms with E-state index in [1.807, 2.05) is 53.9 Å². The smallest absolute Gasteiger partial charge is 0.353 e. The van der Waals surface area contributed by atoms with Gasteiger partial charge < -0.3 is 10.4 Å². The highest BCUT2D eigenvalue weighted by Crippen LogP contribution is 2.46. The summed E-state index contributed by atoms with van der Waals surface area (Å²) in [4.78, 5) is 41.2. The third-order valence-corrected chi connectivity index (χ3v) is 9.56. The predicted molar refractivity (Wildman–Crippen MR) is 145 cm³/mol. The van der Waals surface area contributed by atoms with Gasteiger partial charge >= 0.3 is 5.97 Å². The number of aliphatic carboxylic acids is 1. The lowest BCUT2D eigenvalue weighted by Gasteiger charge is -2.49. The third kappa shape index (κ3) is 4.79. The molecule has 5 rings (SSSR count). The normalized spacial score (nSPS) is 18.2. The predicted octanol–water partition coefficient (Wildman–Crippen LogP) is 4.19. The van der Waals surface area contributed by atoms with Crippen molar-refractivity contribution in [2.45, 2.75) is 22.7 Å². The second kappa shape index (κ2) is 10.8. The summed E-state index contributed by atoms with van der Waals surface area (Å²) in [5, 5.41) is 32.9. The van der Waals surface area contributed by atoms with Gasteiger partial charge in [0.15, 0.2) is 0 Å². The zero-order valence-corrected chi connectivity index (χ0v) is 22.0. The van der Waals surface area contributed by atoms with Crippen molar-refractivity contribution >= 4 is 52.6 Å². The molecule has 2 amide bonds. The van der Waals surface area contributed by atoms with Gasteiger partial charge in [-0.2, -0.15) is 10.5 Å². The number of nitrogens with zero attached hydrogens (tertiary/aromatic N) is 3. The van der Waals surface area contributed by atoms with E-state index in [1.54, 1.807) is 18.2 Å². The Hall–Kier alpha value is -4.03. The van der Waals surface area contributed by atoms with Crippen LogP contribution in [-0.4, -0.2) is 45.0 Å². The Labute approximate surface area is 230 Å². The summed E-state index contributed by atoms with van der Waals surface area (Å²) >= 11 is 4.12. The Balaban J connectivity index is 1.40. The number of β-lactam (4-membered cyclic amide) rings is 1. The first-order chi connectivity index (χ1) is 18.4. The van der Waals surface area contributed by atoms with E-state index < -0.39 is 23.3 Å². The second-order valence-electron chi connectivity index (χ2n) is 8.37. The lowest BCUT2D eigenvalue weighted by atomic mass is 10.0. The Morgan fingerprint density at radius 2 is 1.89 bits per heavy atom. The topological polar surface area (TPSA) is 134 Å². The zero-order valence-electron chi connectivity index (χ0n) is 19.6.